The predicted octanol–water partition coefficient (Wildman–Crippen LogP) is 5.92. The number of nitrogens with one attached hydrogen (secondary N) is 1. The van der Waals surface area contributed by atoms with E-state index in [2.05, 4.69) is 40.4 Å². The first-order valence-electron chi connectivity index (χ1n) is 15.2. The number of piperazine rings is 1. The SMILES string of the molecule is CCCCCCCCOC(=O)CC1CCc2cc(C(=O)Nc3ccc(C=NN4CCN(C)CC4)cc3)ccc2C1. The van der Waals surface area contributed by atoms with Gasteiger partial charge in [-0.3, -0.25) is 14.6 Å². The fourth-order valence-electron chi connectivity index (χ4n) is 5.42. The van der Waals surface area contributed by atoms with E-state index in [-0.39, 0.29) is 11.9 Å². The molecule has 40 heavy (non-hydrogen) atoms. The number of rotatable bonds is 13. The van der Waals surface area contributed by atoms with Crippen LogP contribution in [0.4, 0.5) is 5.69 Å². The van der Waals surface area contributed by atoms with Crippen molar-refractivity contribution in [3.05, 3.63) is 64.7 Å². The van der Waals surface area contributed by atoms with Gasteiger partial charge in [0.15, 0.2) is 0 Å². The first-order chi connectivity index (χ1) is 19.5. The van der Waals surface area contributed by atoms with E-state index in [1.54, 1.807) is 0 Å². The van der Waals surface area contributed by atoms with E-state index < -0.39 is 0 Å². The Labute approximate surface area is 240 Å². The molecule has 7 nitrogen and oxygen atoms in total. The monoisotopic (exact) mass is 546 g/mol. The zero-order valence-electron chi connectivity index (χ0n) is 24.4. The Balaban J connectivity index is 1.20. The van der Waals surface area contributed by atoms with Gasteiger partial charge in [-0.15, -0.1) is 0 Å². The van der Waals surface area contributed by atoms with Crippen molar-refractivity contribution in [3.63, 3.8) is 0 Å². The number of hydrazone groups is 1. The molecule has 1 N–H and O–H groups in total. The molecule has 0 radical (unpaired) electrons. The van der Waals surface area contributed by atoms with E-state index in [1.807, 2.05) is 42.6 Å². The number of hydrogen-bond acceptors (Lipinski definition) is 6. The molecule has 1 aliphatic heterocycles. The largest absolute Gasteiger partial charge is 0.466 e. The van der Waals surface area contributed by atoms with Crippen LogP contribution in [0.25, 0.3) is 0 Å². The highest BCUT2D eigenvalue weighted by atomic mass is 16.5. The molecule has 4 rings (SSSR count). The molecular formula is C33H46N4O3. The molecule has 1 saturated heterocycles. The number of likely N-dealkylation sites (N-methyl/N-ethyl adjacent to an activating group) is 1. The summed E-state index contributed by atoms with van der Waals surface area (Å²) < 4.78 is 5.50. The van der Waals surface area contributed by atoms with Crippen molar-refractivity contribution in [1.29, 1.82) is 0 Å². The van der Waals surface area contributed by atoms with Crippen molar-refractivity contribution in [3.8, 4) is 0 Å². The normalized spacial score (nSPS) is 17.6. The van der Waals surface area contributed by atoms with Gasteiger partial charge in [-0.25, -0.2) is 0 Å². The molecule has 0 spiro atoms. The number of anilines is 1. The topological polar surface area (TPSA) is 74.2 Å². The van der Waals surface area contributed by atoms with Gasteiger partial charge >= 0.3 is 5.97 Å². The molecular weight excluding hydrogens is 500 g/mol. The highest BCUT2D eigenvalue weighted by Crippen LogP contribution is 2.29. The molecule has 1 atom stereocenters. The lowest BCUT2D eigenvalue weighted by atomic mass is 9.81. The summed E-state index contributed by atoms with van der Waals surface area (Å²) in [4.78, 5) is 27.6. The minimum atomic E-state index is -0.109. The third kappa shape index (κ3) is 9.47. The number of ether oxygens (including phenoxy) is 1. The first kappa shape index (κ1) is 29.8. The van der Waals surface area contributed by atoms with Gasteiger partial charge in [0.05, 0.1) is 12.8 Å². The van der Waals surface area contributed by atoms with Crippen LogP contribution in [-0.2, 0) is 22.4 Å². The molecule has 1 unspecified atom stereocenters. The maximum Gasteiger partial charge on any atom is 0.306 e. The smallest absolute Gasteiger partial charge is 0.306 e. The molecule has 216 valence electrons. The average Bonchev–Trinajstić information content (AvgIpc) is 2.97. The summed E-state index contributed by atoms with van der Waals surface area (Å²) in [5.41, 5.74) is 4.88. The number of nitrogens with zero attached hydrogens (tertiary/aromatic N) is 3. The van der Waals surface area contributed by atoms with Gasteiger partial charge in [0.2, 0.25) is 0 Å². The van der Waals surface area contributed by atoms with Crippen molar-refractivity contribution < 1.29 is 14.3 Å². The van der Waals surface area contributed by atoms with E-state index in [1.165, 1.54) is 36.8 Å². The third-order valence-electron chi connectivity index (χ3n) is 8.03. The van der Waals surface area contributed by atoms with Crippen LogP contribution < -0.4 is 5.32 Å². The first-order valence-corrected chi connectivity index (χ1v) is 15.2. The van der Waals surface area contributed by atoms with Crippen molar-refractivity contribution in [2.45, 2.75) is 71.1 Å². The van der Waals surface area contributed by atoms with E-state index in [4.69, 9.17) is 4.74 Å². The van der Waals surface area contributed by atoms with Gasteiger partial charge in [0, 0.05) is 43.9 Å². The maximum absolute atomic E-state index is 12.9. The van der Waals surface area contributed by atoms with Crippen molar-refractivity contribution in [2.75, 3.05) is 45.2 Å². The summed E-state index contributed by atoms with van der Waals surface area (Å²) in [5, 5.41) is 9.69. The summed E-state index contributed by atoms with van der Waals surface area (Å²) in [6.07, 6.45) is 12.2. The van der Waals surface area contributed by atoms with Crippen molar-refractivity contribution >= 4 is 23.8 Å². The van der Waals surface area contributed by atoms with Crippen molar-refractivity contribution in [1.82, 2.24) is 9.91 Å². The van der Waals surface area contributed by atoms with Crippen LogP contribution in [0.1, 0.15) is 85.3 Å². The number of hydrogen-bond donors (Lipinski definition) is 1. The fraction of sp³-hybridized carbons (Fsp3) is 0.545. The van der Waals surface area contributed by atoms with Gasteiger partial charge in [-0.2, -0.15) is 5.10 Å². The second-order valence-electron chi connectivity index (χ2n) is 11.4. The Hall–Kier alpha value is -3.19. The Morgan fingerprint density at radius 2 is 1.73 bits per heavy atom. The quantitative estimate of drug-likeness (QED) is 0.192. The number of benzene rings is 2. The van der Waals surface area contributed by atoms with Crippen LogP contribution in [0.2, 0.25) is 0 Å². The molecule has 1 amide bonds. The number of carbonyl (C=O) groups excluding carboxylic acids is 2. The molecule has 0 bridgehead atoms. The molecule has 1 fully saturated rings. The second kappa shape index (κ2) is 15.6. The van der Waals surface area contributed by atoms with Crippen molar-refractivity contribution in [2.24, 2.45) is 11.0 Å². The van der Waals surface area contributed by atoms with Crippen LogP contribution in [0.15, 0.2) is 47.6 Å². The number of carbonyl (C=O) groups is 2. The number of amides is 1. The molecule has 1 heterocycles. The second-order valence-corrected chi connectivity index (χ2v) is 11.4. The molecule has 0 saturated carbocycles. The molecule has 7 heteroatoms. The van der Waals surface area contributed by atoms with Gasteiger partial charge in [0.25, 0.3) is 5.91 Å². The minimum Gasteiger partial charge on any atom is -0.466 e. The van der Waals surface area contributed by atoms with Gasteiger partial charge in [-0.05, 0) is 79.6 Å². The highest BCUT2D eigenvalue weighted by molar-refractivity contribution is 6.04. The summed E-state index contributed by atoms with van der Waals surface area (Å²) in [5.74, 6) is 0.124. The highest BCUT2D eigenvalue weighted by Gasteiger charge is 2.23. The van der Waals surface area contributed by atoms with E-state index in [0.29, 0.717) is 24.5 Å². The standard InChI is InChI=1S/C33H46N4O3/c1-3-4-5-6-7-8-21-40-32(38)23-27-9-12-29-24-30(14-13-28(29)22-27)33(39)35-31-15-10-26(11-16-31)25-34-37-19-17-36(2)18-20-37/h10-11,13-16,24-25,27H,3-9,12,17-23H2,1-2H3,(H,35,39). The van der Waals surface area contributed by atoms with Crippen LogP contribution in [0, 0.1) is 5.92 Å². The molecule has 1 aliphatic carbocycles. The van der Waals surface area contributed by atoms with E-state index in [0.717, 1.165) is 69.5 Å². The van der Waals surface area contributed by atoms with E-state index in [9.17, 15) is 9.59 Å². The van der Waals surface area contributed by atoms with Gasteiger partial charge in [-0.1, -0.05) is 57.2 Å². The number of unbranched alkanes of at least 4 members (excludes halogenated alkanes) is 5. The Morgan fingerprint density at radius 1 is 0.975 bits per heavy atom. The molecule has 2 aromatic carbocycles. The van der Waals surface area contributed by atoms with Crippen LogP contribution in [0.3, 0.4) is 0 Å². The third-order valence-corrected chi connectivity index (χ3v) is 8.03. The molecule has 0 aromatic heterocycles. The molecule has 2 aliphatic rings. The zero-order chi connectivity index (χ0) is 28.2. The number of esters is 1. The minimum absolute atomic E-state index is 0.0744. The number of aryl methyl sites for hydroxylation is 1. The Morgan fingerprint density at radius 3 is 2.50 bits per heavy atom. The lowest BCUT2D eigenvalue weighted by molar-refractivity contribution is -0.145. The maximum atomic E-state index is 12.9. The predicted molar refractivity (Wildman–Crippen MR) is 162 cm³/mol. The van der Waals surface area contributed by atoms with Gasteiger partial charge in [0.1, 0.15) is 0 Å². The van der Waals surface area contributed by atoms with E-state index >= 15 is 0 Å². The fourth-order valence-corrected chi connectivity index (χ4v) is 5.42. The lowest BCUT2D eigenvalue weighted by Crippen LogP contribution is -2.41. The Kier molecular flexibility index (Phi) is 11.6. The van der Waals surface area contributed by atoms with Crippen LogP contribution in [0.5, 0.6) is 0 Å². The summed E-state index contributed by atoms with van der Waals surface area (Å²) in [6.45, 7) is 6.69. The summed E-state index contributed by atoms with van der Waals surface area (Å²) in [7, 11) is 2.13. The average molecular weight is 547 g/mol. The van der Waals surface area contributed by atoms with Crippen LogP contribution >= 0.6 is 0 Å². The summed E-state index contributed by atoms with van der Waals surface area (Å²) >= 11 is 0. The molecule has 2 aromatic rings. The van der Waals surface area contributed by atoms with Crippen LogP contribution in [-0.4, -0.2) is 67.8 Å². The summed E-state index contributed by atoms with van der Waals surface area (Å²) in [6, 6.07) is 13.7. The lowest BCUT2D eigenvalue weighted by Gasteiger charge is -2.30. The zero-order valence-corrected chi connectivity index (χ0v) is 24.4. The Bertz CT molecular complexity index is 1120. The number of fused-ring (bicyclic) bond motifs is 1. The van der Waals surface area contributed by atoms with Gasteiger partial charge < -0.3 is 15.0 Å².